The molecule has 102 valence electrons. The van der Waals surface area contributed by atoms with Crippen LogP contribution in [0.25, 0.3) is 0 Å². The van der Waals surface area contributed by atoms with E-state index in [1.165, 1.54) is 18.2 Å². The van der Waals surface area contributed by atoms with Crippen molar-refractivity contribution in [3.05, 3.63) is 35.1 Å². The van der Waals surface area contributed by atoms with E-state index in [9.17, 15) is 9.18 Å². The largest absolute Gasteiger partial charge is 0.481 e. The van der Waals surface area contributed by atoms with E-state index >= 15 is 0 Å². The number of nitriles is 1. The number of hydrogen-bond donors (Lipinski definition) is 1. The zero-order valence-corrected chi connectivity index (χ0v) is 11.1. The zero-order valence-electron chi connectivity index (χ0n) is 11.1. The number of carboxylic acids is 1. The molecule has 0 atom stereocenters. The smallest absolute Gasteiger partial charge is 0.304 e. The Kier molecular flexibility index (Phi) is 5.46. The molecular weight excluding hydrogens is 247 g/mol. The van der Waals surface area contributed by atoms with E-state index in [1.807, 2.05) is 24.8 Å². The first-order chi connectivity index (χ1) is 8.93. The van der Waals surface area contributed by atoms with Crippen LogP contribution < -0.4 is 0 Å². The van der Waals surface area contributed by atoms with Crippen LogP contribution in [0.2, 0.25) is 0 Å². The van der Waals surface area contributed by atoms with E-state index in [2.05, 4.69) is 0 Å². The van der Waals surface area contributed by atoms with Gasteiger partial charge in [-0.15, -0.1) is 0 Å². The van der Waals surface area contributed by atoms with Crippen LogP contribution in [0, 0.1) is 17.1 Å². The molecule has 0 aliphatic heterocycles. The Morgan fingerprint density at radius 3 is 2.74 bits per heavy atom. The van der Waals surface area contributed by atoms with Gasteiger partial charge in [-0.1, -0.05) is 0 Å². The first-order valence-electron chi connectivity index (χ1n) is 6.08. The Balaban J connectivity index is 2.87. The molecule has 0 spiro atoms. The van der Waals surface area contributed by atoms with Gasteiger partial charge >= 0.3 is 5.97 Å². The van der Waals surface area contributed by atoms with Crippen LogP contribution in [0.5, 0.6) is 0 Å². The quantitative estimate of drug-likeness (QED) is 0.856. The number of carboxylic acid groups (broad SMARTS) is 1. The molecule has 4 nitrogen and oxygen atoms in total. The topological polar surface area (TPSA) is 64.3 Å². The van der Waals surface area contributed by atoms with E-state index in [0.29, 0.717) is 24.2 Å². The number of hydrogen-bond acceptors (Lipinski definition) is 3. The van der Waals surface area contributed by atoms with Crippen LogP contribution in [0.1, 0.15) is 31.4 Å². The maximum Gasteiger partial charge on any atom is 0.304 e. The van der Waals surface area contributed by atoms with Gasteiger partial charge in [-0.05, 0) is 37.6 Å². The minimum atomic E-state index is -0.870. The van der Waals surface area contributed by atoms with Gasteiger partial charge in [-0.25, -0.2) is 4.39 Å². The van der Waals surface area contributed by atoms with E-state index < -0.39 is 11.8 Å². The summed E-state index contributed by atoms with van der Waals surface area (Å²) in [6, 6.07) is 6.16. The summed E-state index contributed by atoms with van der Waals surface area (Å²) in [4.78, 5) is 12.5. The van der Waals surface area contributed by atoms with Crippen molar-refractivity contribution in [2.75, 3.05) is 6.54 Å². The van der Waals surface area contributed by atoms with Crippen molar-refractivity contribution >= 4 is 5.97 Å². The molecule has 0 saturated carbocycles. The number of nitrogens with zero attached hydrogens (tertiary/aromatic N) is 2. The van der Waals surface area contributed by atoms with Gasteiger partial charge in [-0.2, -0.15) is 5.26 Å². The van der Waals surface area contributed by atoms with Gasteiger partial charge in [0.25, 0.3) is 0 Å². The molecule has 0 aromatic heterocycles. The summed E-state index contributed by atoms with van der Waals surface area (Å²) in [5.74, 6) is -1.26. The van der Waals surface area contributed by atoms with Crippen LogP contribution in [-0.2, 0) is 11.3 Å². The van der Waals surface area contributed by atoms with Crippen LogP contribution in [0.3, 0.4) is 0 Å². The molecular formula is C14H17FN2O2. The van der Waals surface area contributed by atoms with Gasteiger partial charge in [0.2, 0.25) is 0 Å². The predicted molar refractivity (Wildman–Crippen MR) is 68.9 cm³/mol. The summed E-state index contributed by atoms with van der Waals surface area (Å²) in [6.45, 7) is 4.61. The fourth-order valence-electron chi connectivity index (χ4n) is 1.78. The van der Waals surface area contributed by atoms with Crippen LogP contribution >= 0.6 is 0 Å². The Bertz CT molecular complexity index is 495. The lowest BCUT2D eigenvalue weighted by Gasteiger charge is -2.26. The standard InChI is InChI=1S/C14H17FN2O2/c1-10(2)17(6-5-14(18)19)9-12-7-13(15)4-3-11(12)8-16/h3-4,7,10H,5-6,9H2,1-2H3,(H,18,19). The van der Waals surface area contributed by atoms with Crippen LogP contribution in [0.4, 0.5) is 4.39 Å². The first-order valence-corrected chi connectivity index (χ1v) is 6.08. The summed E-state index contributed by atoms with van der Waals surface area (Å²) < 4.78 is 13.2. The Labute approximate surface area is 112 Å². The summed E-state index contributed by atoms with van der Waals surface area (Å²) in [5, 5.41) is 17.7. The molecule has 0 heterocycles. The summed E-state index contributed by atoms with van der Waals surface area (Å²) >= 11 is 0. The van der Waals surface area contributed by atoms with Gasteiger partial charge in [-0.3, -0.25) is 9.69 Å². The highest BCUT2D eigenvalue weighted by Crippen LogP contribution is 2.15. The second kappa shape index (κ2) is 6.86. The van der Waals surface area contributed by atoms with E-state index in [4.69, 9.17) is 10.4 Å². The molecule has 5 heteroatoms. The molecule has 0 saturated heterocycles. The number of carbonyl (C=O) groups is 1. The van der Waals surface area contributed by atoms with Gasteiger partial charge in [0.15, 0.2) is 0 Å². The van der Waals surface area contributed by atoms with E-state index in [-0.39, 0.29) is 12.5 Å². The average Bonchev–Trinajstić information content (AvgIpc) is 2.34. The zero-order chi connectivity index (χ0) is 14.4. The molecule has 19 heavy (non-hydrogen) atoms. The first kappa shape index (κ1) is 15.1. The van der Waals surface area contributed by atoms with E-state index in [0.717, 1.165) is 0 Å². The lowest BCUT2D eigenvalue weighted by Crippen LogP contribution is -2.32. The van der Waals surface area contributed by atoms with Gasteiger partial charge in [0, 0.05) is 19.1 Å². The number of benzene rings is 1. The fourth-order valence-corrected chi connectivity index (χ4v) is 1.78. The van der Waals surface area contributed by atoms with Gasteiger partial charge in [0.05, 0.1) is 18.1 Å². The number of aliphatic carboxylic acids is 1. The molecule has 0 fully saturated rings. The maximum atomic E-state index is 13.2. The Hall–Kier alpha value is -1.93. The normalized spacial score (nSPS) is 10.7. The molecule has 0 bridgehead atoms. The summed E-state index contributed by atoms with van der Waals surface area (Å²) in [7, 11) is 0. The summed E-state index contributed by atoms with van der Waals surface area (Å²) in [5.41, 5.74) is 1.00. The lowest BCUT2D eigenvalue weighted by atomic mass is 10.1. The van der Waals surface area contributed by atoms with Crippen molar-refractivity contribution in [2.24, 2.45) is 0 Å². The predicted octanol–water partition coefficient (Wildman–Crippen LogP) is 2.38. The number of rotatable bonds is 6. The Morgan fingerprint density at radius 2 is 2.21 bits per heavy atom. The highest BCUT2D eigenvalue weighted by atomic mass is 19.1. The third-order valence-corrected chi connectivity index (χ3v) is 2.90. The third kappa shape index (κ3) is 4.68. The van der Waals surface area contributed by atoms with Gasteiger partial charge in [0.1, 0.15) is 5.82 Å². The second-order valence-corrected chi connectivity index (χ2v) is 4.62. The molecule has 1 rings (SSSR count). The second-order valence-electron chi connectivity index (χ2n) is 4.62. The molecule has 1 N–H and O–H groups in total. The van der Waals surface area contributed by atoms with Crippen molar-refractivity contribution in [1.29, 1.82) is 5.26 Å². The van der Waals surface area contributed by atoms with Gasteiger partial charge < -0.3 is 5.11 Å². The van der Waals surface area contributed by atoms with Crippen molar-refractivity contribution in [3.63, 3.8) is 0 Å². The average molecular weight is 264 g/mol. The minimum absolute atomic E-state index is 0.0232. The van der Waals surface area contributed by atoms with Crippen molar-refractivity contribution in [2.45, 2.75) is 32.9 Å². The minimum Gasteiger partial charge on any atom is -0.481 e. The van der Waals surface area contributed by atoms with Crippen molar-refractivity contribution < 1.29 is 14.3 Å². The maximum absolute atomic E-state index is 13.2. The molecule has 1 aromatic carbocycles. The van der Waals surface area contributed by atoms with Crippen molar-refractivity contribution in [1.82, 2.24) is 4.90 Å². The highest BCUT2D eigenvalue weighted by Gasteiger charge is 2.14. The molecule has 0 amide bonds. The highest BCUT2D eigenvalue weighted by molar-refractivity contribution is 5.66. The molecule has 1 aromatic rings. The molecule has 0 unspecified atom stereocenters. The molecule has 0 aliphatic rings. The fraction of sp³-hybridized carbons (Fsp3) is 0.429. The van der Waals surface area contributed by atoms with Crippen molar-refractivity contribution in [3.8, 4) is 6.07 Å². The lowest BCUT2D eigenvalue weighted by molar-refractivity contribution is -0.137. The SMILES string of the molecule is CC(C)N(CCC(=O)O)Cc1cc(F)ccc1C#N. The molecule has 0 radical (unpaired) electrons. The monoisotopic (exact) mass is 264 g/mol. The van der Waals surface area contributed by atoms with E-state index in [1.54, 1.807) is 0 Å². The molecule has 0 aliphatic carbocycles. The van der Waals surface area contributed by atoms with Crippen LogP contribution in [0.15, 0.2) is 18.2 Å². The third-order valence-electron chi connectivity index (χ3n) is 2.90. The summed E-state index contributed by atoms with van der Waals surface area (Å²) in [6.07, 6.45) is 0.0232. The van der Waals surface area contributed by atoms with Crippen LogP contribution in [-0.4, -0.2) is 28.6 Å². The number of halogens is 1. The Morgan fingerprint density at radius 1 is 1.53 bits per heavy atom.